The van der Waals surface area contributed by atoms with Crippen molar-refractivity contribution in [1.82, 2.24) is 9.97 Å². The van der Waals surface area contributed by atoms with Gasteiger partial charge in [0.05, 0.1) is 5.56 Å². The number of nitrogens with two attached hydrogens (primary N) is 1. The fourth-order valence-corrected chi connectivity index (χ4v) is 1.27. The molecule has 1 fully saturated rings. The first kappa shape index (κ1) is 8.89. The average molecular weight is 194 g/mol. The molecule has 1 aromatic rings. The quantitative estimate of drug-likeness (QED) is 0.648. The molecule has 3 N–H and O–H groups in total. The lowest BCUT2D eigenvalue weighted by Gasteiger charge is -2.36. The van der Waals surface area contributed by atoms with Crippen molar-refractivity contribution < 1.29 is 9.90 Å². The Morgan fingerprint density at radius 1 is 1.50 bits per heavy atom. The maximum absolute atomic E-state index is 10.5. The van der Waals surface area contributed by atoms with E-state index in [0.29, 0.717) is 5.95 Å². The van der Waals surface area contributed by atoms with Crippen LogP contribution in [-0.2, 0) is 0 Å². The third kappa shape index (κ3) is 1.51. The fraction of sp³-hybridized carbons (Fsp3) is 0.375. The second-order valence-corrected chi connectivity index (χ2v) is 3.24. The molecule has 74 valence electrons. The summed E-state index contributed by atoms with van der Waals surface area (Å²) in [6.07, 6.45) is 2.60. The van der Waals surface area contributed by atoms with Gasteiger partial charge < -0.3 is 15.7 Å². The van der Waals surface area contributed by atoms with E-state index in [9.17, 15) is 4.79 Å². The first-order valence-corrected chi connectivity index (χ1v) is 4.22. The van der Waals surface area contributed by atoms with Gasteiger partial charge in [-0.1, -0.05) is 0 Å². The molecular weight excluding hydrogens is 184 g/mol. The van der Waals surface area contributed by atoms with Crippen molar-refractivity contribution in [2.24, 2.45) is 5.73 Å². The summed E-state index contributed by atoms with van der Waals surface area (Å²) in [5.41, 5.74) is 5.69. The molecule has 0 amide bonds. The van der Waals surface area contributed by atoms with E-state index < -0.39 is 5.97 Å². The van der Waals surface area contributed by atoms with Gasteiger partial charge in [-0.15, -0.1) is 0 Å². The molecule has 0 atom stereocenters. The molecule has 0 radical (unpaired) electrons. The molecule has 0 saturated carbocycles. The molecule has 0 aromatic carbocycles. The molecule has 1 aromatic heterocycles. The van der Waals surface area contributed by atoms with E-state index in [2.05, 4.69) is 9.97 Å². The standard InChI is InChI=1S/C8H10N4O2/c9-6-3-12(4-6)8-10-1-5(2-11-8)7(13)14/h1-2,6H,3-4,9H2,(H,13,14). The van der Waals surface area contributed by atoms with Crippen LogP contribution in [0.1, 0.15) is 10.4 Å². The van der Waals surface area contributed by atoms with Crippen molar-refractivity contribution >= 4 is 11.9 Å². The number of carbonyl (C=O) groups is 1. The third-order valence-electron chi connectivity index (χ3n) is 2.08. The number of aromatic carboxylic acids is 1. The molecule has 1 saturated heterocycles. The molecule has 2 rings (SSSR count). The maximum atomic E-state index is 10.5. The molecule has 0 unspecified atom stereocenters. The first-order chi connectivity index (χ1) is 6.66. The lowest BCUT2D eigenvalue weighted by atomic mass is 10.1. The Balaban J connectivity index is 2.10. The van der Waals surface area contributed by atoms with Gasteiger partial charge in [0.2, 0.25) is 5.95 Å². The van der Waals surface area contributed by atoms with Crippen LogP contribution >= 0.6 is 0 Å². The highest BCUT2D eigenvalue weighted by Crippen LogP contribution is 2.13. The monoisotopic (exact) mass is 194 g/mol. The summed E-state index contributed by atoms with van der Waals surface area (Å²) in [5, 5.41) is 8.61. The van der Waals surface area contributed by atoms with Crippen LogP contribution in [0, 0.1) is 0 Å². The van der Waals surface area contributed by atoms with E-state index >= 15 is 0 Å². The van der Waals surface area contributed by atoms with Gasteiger partial charge in [0, 0.05) is 31.5 Å². The van der Waals surface area contributed by atoms with Crippen LogP contribution in [0.4, 0.5) is 5.95 Å². The smallest absolute Gasteiger partial charge is 0.338 e. The van der Waals surface area contributed by atoms with Gasteiger partial charge in [-0.25, -0.2) is 14.8 Å². The number of nitrogens with zero attached hydrogens (tertiary/aromatic N) is 3. The Morgan fingerprint density at radius 3 is 2.50 bits per heavy atom. The van der Waals surface area contributed by atoms with Crippen molar-refractivity contribution in [1.29, 1.82) is 0 Å². The Bertz CT molecular complexity index is 345. The van der Waals surface area contributed by atoms with E-state index in [4.69, 9.17) is 10.8 Å². The molecule has 0 aliphatic carbocycles. The summed E-state index contributed by atoms with van der Waals surface area (Å²) in [6, 6.07) is 0.178. The lowest BCUT2D eigenvalue weighted by Crippen LogP contribution is -2.56. The van der Waals surface area contributed by atoms with Crippen LogP contribution in [0.25, 0.3) is 0 Å². The minimum absolute atomic E-state index is 0.0959. The fourth-order valence-electron chi connectivity index (χ4n) is 1.27. The predicted octanol–water partition coefficient (Wildman–Crippen LogP) is -0.678. The zero-order valence-electron chi connectivity index (χ0n) is 7.42. The number of rotatable bonds is 2. The van der Waals surface area contributed by atoms with Gasteiger partial charge in [0.1, 0.15) is 0 Å². The Labute approximate surface area is 80.4 Å². The lowest BCUT2D eigenvalue weighted by molar-refractivity contribution is 0.0696. The molecule has 2 heterocycles. The van der Waals surface area contributed by atoms with Gasteiger partial charge >= 0.3 is 5.97 Å². The van der Waals surface area contributed by atoms with E-state index in [1.165, 1.54) is 12.4 Å². The highest BCUT2D eigenvalue weighted by molar-refractivity contribution is 5.86. The molecule has 1 aliphatic rings. The zero-order valence-corrected chi connectivity index (χ0v) is 7.42. The normalized spacial score (nSPS) is 16.5. The zero-order chi connectivity index (χ0) is 10.1. The maximum Gasteiger partial charge on any atom is 0.338 e. The molecule has 6 heteroatoms. The molecule has 0 spiro atoms. The van der Waals surface area contributed by atoms with Crippen LogP contribution in [0.5, 0.6) is 0 Å². The minimum atomic E-state index is -1.02. The number of anilines is 1. The summed E-state index contributed by atoms with van der Waals surface area (Å²) >= 11 is 0. The average Bonchev–Trinajstić information content (AvgIpc) is 2.13. The van der Waals surface area contributed by atoms with Gasteiger partial charge in [-0.3, -0.25) is 0 Å². The highest BCUT2D eigenvalue weighted by atomic mass is 16.4. The Morgan fingerprint density at radius 2 is 2.07 bits per heavy atom. The molecule has 6 nitrogen and oxygen atoms in total. The van der Waals surface area contributed by atoms with Crippen LogP contribution in [-0.4, -0.2) is 40.2 Å². The molecule has 0 bridgehead atoms. The van der Waals surface area contributed by atoms with Crippen molar-refractivity contribution in [3.05, 3.63) is 18.0 Å². The molecule has 1 aliphatic heterocycles. The third-order valence-corrected chi connectivity index (χ3v) is 2.08. The van der Waals surface area contributed by atoms with Crippen LogP contribution in [0.3, 0.4) is 0 Å². The summed E-state index contributed by atoms with van der Waals surface area (Å²) in [6.45, 7) is 1.46. The van der Waals surface area contributed by atoms with Gasteiger partial charge in [-0.05, 0) is 0 Å². The summed E-state index contributed by atoms with van der Waals surface area (Å²) in [5.74, 6) is -0.478. The van der Waals surface area contributed by atoms with Crippen LogP contribution < -0.4 is 10.6 Å². The number of carboxylic acid groups (broad SMARTS) is 1. The van der Waals surface area contributed by atoms with Crippen molar-refractivity contribution in [2.75, 3.05) is 18.0 Å². The van der Waals surface area contributed by atoms with Crippen LogP contribution in [0.2, 0.25) is 0 Å². The second kappa shape index (κ2) is 3.22. The number of aromatic nitrogens is 2. The highest BCUT2D eigenvalue weighted by Gasteiger charge is 2.25. The van der Waals surface area contributed by atoms with Crippen molar-refractivity contribution in [3.63, 3.8) is 0 Å². The van der Waals surface area contributed by atoms with Gasteiger partial charge in [0.15, 0.2) is 0 Å². The van der Waals surface area contributed by atoms with E-state index in [1.54, 1.807) is 0 Å². The Kier molecular flexibility index (Phi) is 2.05. The number of carboxylic acids is 1. The minimum Gasteiger partial charge on any atom is -0.478 e. The second-order valence-electron chi connectivity index (χ2n) is 3.24. The molecule has 14 heavy (non-hydrogen) atoms. The topological polar surface area (TPSA) is 92.3 Å². The Hall–Kier alpha value is -1.69. The summed E-state index contributed by atoms with van der Waals surface area (Å²) < 4.78 is 0. The number of hydrogen-bond acceptors (Lipinski definition) is 5. The SMILES string of the molecule is NC1CN(c2ncc(C(=O)O)cn2)C1. The van der Waals surface area contributed by atoms with Gasteiger partial charge in [-0.2, -0.15) is 0 Å². The first-order valence-electron chi connectivity index (χ1n) is 4.22. The molecular formula is C8H10N4O2. The summed E-state index contributed by atoms with van der Waals surface area (Å²) in [7, 11) is 0. The van der Waals surface area contributed by atoms with E-state index in [0.717, 1.165) is 13.1 Å². The van der Waals surface area contributed by atoms with Gasteiger partial charge in [0.25, 0.3) is 0 Å². The number of hydrogen-bond donors (Lipinski definition) is 2. The van der Waals surface area contributed by atoms with Crippen molar-refractivity contribution in [3.8, 4) is 0 Å². The van der Waals surface area contributed by atoms with Crippen molar-refractivity contribution in [2.45, 2.75) is 6.04 Å². The van der Waals surface area contributed by atoms with Crippen LogP contribution in [0.15, 0.2) is 12.4 Å². The summed E-state index contributed by atoms with van der Waals surface area (Å²) in [4.78, 5) is 20.3. The van der Waals surface area contributed by atoms with E-state index in [-0.39, 0.29) is 11.6 Å². The largest absolute Gasteiger partial charge is 0.478 e. The van der Waals surface area contributed by atoms with E-state index in [1.807, 2.05) is 4.90 Å². The predicted molar refractivity (Wildman–Crippen MR) is 49.2 cm³/mol.